The van der Waals surface area contributed by atoms with Crippen LogP contribution >= 0.6 is 0 Å². The number of carbonyl (C=O) groups is 1. The van der Waals surface area contributed by atoms with Gasteiger partial charge >= 0.3 is 5.97 Å². The van der Waals surface area contributed by atoms with Gasteiger partial charge in [-0.3, -0.25) is 0 Å². The summed E-state index contributed by atoms with van der Waals surface area (Å²) in [5, 5.41) is 8.74. The van der Waals surface area contributed by atoms with E-state index in [-0.39, 0.29) is 18.4 Å². The van der Waals surface area contributed by atoms with Crippen molar-refractivity contribution < 1.29 is 18.7 Å². The average molecular weight is 241 g/mol. The molecule has 0 radical (unpaired) electrons. The molecule has 1 fully saturated rings. The molecule has 5 heteroatoms. The van der Waals surface area contributed by atoms with Crippen LogP contribution < -0.4 is 4.90 Å². The van der Waals surface area contributed by atoms with Crippen molar-refractivity contribution in [3.05, 3.63) is 29.8 Å². The number of aromatic carboxylic acids is 1. The largest absolute Gasteiger partial charge is 0.478 e. The first-order valence-corrected chi connectivity index (χ1v) is 5.44. The lowest BCUT2D eigenvalue weighted by Crippen LogP contribution is -2.39. The highest BCUT2D eigenvalue weighted by Crippen LogP contribution is 2.30. The average Bonchev–Trinajstić information content (AvgIpc) is 2.29. The molecule has 2 rings (SSSR count). The van der Waals surface area contributed by atoms with Crippen molar-refractivity contribution in [2.75, 3.05) is 18.0 Å². The summed E-state index contributed by atoms with van der Waals surface area (Å²) in [6.07, 6.45) is -0.290. The third kappa shape index (κ3) is 2.72. The predicted octanol–water partition coefficient (Wildman–Crippen LogP) is 2.62. The lowest BCUT2D eigenvalue weighted by molar-refractivity contribution is -0.0220. The molecule has 1 saturated heterocycles. The standard InChI is InChI=1S/C12H13F2NO2/c13-12(14)5-7-15(8-6-12)10-3-1-9(2-4-10)11(16)17/h1-4H,5-8H2,(H,16,17). The van der Waals surface area contributed by atoms with Crippen LogP contribution in [0.1, 0.15) is 23.2 Å². The van der Waals surface area contributed by atoms with Crippen LogP contribution in [0.15, 0.2) is 24.3 Å². The van der Waals surface area contributed by atoms with Crippen LogP contribution in [0.25, 0.3) is 0 Å². The van der Waals surface area contributed by atoms with Gasteiger partial charge in [-0.2, -0.15) is 0 Å². The van der Waals surface area contributed by atoms with E-state index in [1.165, 1.54) is 12.1 Å². The number of benzene rings is 1. The SMILES string of the molecule is O=C(O)c1ccc(N2CCC(F)(F)CC2)cc1. The molecule has 1 aromatic carbocycles. The second-order valence-electron chi connectivity index (χ2n) is 4.20. The fourth-order valence-electron chi connectivity index (χ4n) is 1.91. The molecule has 0 amide bonds. The molecule has 0 atom stereocenters. The van der Waals surface area contributed by atoms with Crippen LogP contribution in [0.3, 0.4) is 0 Å². The Morgan fingerprint density at radius 1 is 1.18 bits per heavy atom. The monoisotopic (exact) mass is 241 g/mol. The molecule has 1 aliphatic heterocycles. The lowest BCUT2D eigenvalue weighted by Gasteiger charge is -2.33. The summed E-state index contributed by atoms with van der Waals surface area (Å²) < 4.78 is 25.9. The van der Waals surface area contributed by atoms with Crippen molar-refractivity contribution in [3.63, 3.8) is 0 Å². The summed E-state index contributed by atoms with van der Waals surface area (Å²) in [5.41, 5.74) is 1.00. The van der Waals surface area contributed by atoms with E-state index >= 15 is 0 Å². The Bertz CT molecular complexity index is 407. The zero-order valence-corrected chi connectivity index (χ0v) is 9.20. The smallest absolute Gasteiger partial charge is 0.335 e. The van der Waals surface area contributed by atoms with E-state index in [1.54, 1.807) is 12.1 Å². The summed E-state index contributed by atoms with van der Waals surface area (Å²) in [6.45, 7) is 0.610. The molecule has 0 aromatic heterocycles. The van der Waals surface area contributed by atoms with Crippen molar-refractivity contribution in [3.8, 4) is 0 Å². The van der Waals surface area contributed by atoms with E-state index in [0.29, 0.717) is 13.1 Å². The number of nitrogens with zero attached hydrogens (tertiary/aromatic N) is 1. The molecule has 1 aromatic rings. The molecule has 0 unspecified atom stereocenters. The van der Waals surface area contributed by atoms with Gasteiger partial charge < -0.3 is 10.0 Å². The van der Waals surface area contributed by atoms with E-state index in [0.717, 1.165) is 5.69 Å². The maximum absolute atomic E-state index is 13.0. The van der Waals surface area contributed by atoms with Gasteiger partial charge in [0.2, 0.25) is 0 Å². The Morgan fingerprint density at radius 2 is 1.71 bits per heavy atom. The maximum atomic E-state index is 13.0. The summed E-state index contributed by atoms with van der Waals surface area (Å²) >= 11 is 0. The van der Waals surface area contributed by atoms with Crippen molar-refractivity contribution in [1.82, 2.24) is 0 Å². The summed E-state index contributed by atoms with van der Waals surface area (Å²) in [5.74, 6) is -3.54. The van der Waals surface area contributed by atoms with Crippen LogP contribution in [-0.2, 0) is 0 Å². The molecule has 1 aliphatic rings. The van der Waals surface area contributed by atoms with Crippen LogP contribution in [0, 0.1) is 0 Å². The molecule has 92 valence electrons. The van der Waals surface area contributed by atoms with E-state index < -0.39 is 11.9 Å². The summed E-state index contributed by atoms with van der Waals surface area (Å²) in [4.78, 5) is 12.5. The Hall–Kier alpha value is -1.65. The van der Waals surface area contributed by atoms with Gasteiger partial charge in [0.15, 0.2) is 0 Å². The summed E-state index contributed by atoms with van der Waals surface area (Å²) in [6, 6.07) is 6.30. The minimum Gasteiger partial charge on any atom is -0.478 e. The topological polar surface area (TPSA) is 40.5 Å². The number of hydrogen-bond acceptors (Lipinski definition) is 2. The fourth-order valence-corrected chi connectivity index (χ4v) is 1.91. The Morgan fingerprint density at radius 3 is 2.18 bits per heavy atom. The van der Waals surface area contributed by atoms with Crippen LogP contribution in [0.4, 0.5) is 14.5 Å². The van der Waals surface area contributed by atoms with E-state index in [1.807, 2.05) is 4.90 Å². The number of hydrogen-bond donors (Lipinski definition) is 1. The highest BCUT2D eigenvalue weighted by Gasteiger charge is 2.33. The van der Waals surface area contributed by atoms with Crippen LogP contribution in [-0.4, -0.2) is 30.1 Å². The third-order valence-electron chi connectivity index (χ3n) is 2.97. The van der Waals surface area contributed by atoms with Crippen molar-refractivity contribution in [2.45, 2.75) is 18.8 Å². The molecule has 0 saturated carbocycles. The molecule has 0 spiro atoms. The predicted molar refractivity (Wildman–Crippen MR) is 59.8 cm³/mol. The van der Waals surface area contributed by atoms with Gasteiger partial charge in [-0.05, 0) is 24.3 Å². The number of piperidine rings is 1. The minimum atomic E-state index is -2.56. The van der Waals surface area contributed by atoms with Crippen LogP contribution in [0.5, 0.6) is 0 Å². The van der Waals surface area contributed by atoms with Gasteiger partial charge in [0, 0.05) is 31.6 Å². The van der Waals surface area contributed by atoms with Gasteiger partial charge in [0.1, 0.15) is 0 Å². The number of carboxylic acids is 1. The summed E-state index contributed by atoms with van der Waals surface area (Å²) in [7, 11) is 0. The molecule has 3 nitrogen and oxygen atoms in total. The molecule has 0 aliphatic carbocycles. The fraction of sp³-hybridized carbons (Fsp3) is 0.417. The van der Waals surface area contributed by atoms with Gasteiger partial charge in [-0.15, -0.1) is 0 Å². The van der Waals surface area contributed by atoms with Crippen molar-refractivity contribution >= 4 is 11.7 Å². The quantitative estimate of drug-likeness (QED) is 0.865. The molecular formula is C12H13F2NO2. The zero-order chi connectivity index (χ0) is 12.5. The number of halogens is 2. The minimum absolute atomic E-state index is 0.145. The first kappa shape index (κ1) is 11.8. The first-order chi connectivity index (χ1) is 7.98. The molecule has 17 heavy (non-hydrogen) atoms. The van der Waals surface area contributed by atoms with E-state index in [4.69, 9.17) is 5.11 Å². The maximum Gasteiger partial charge on any atom is 0.335 e. The third-order valence-corrected chi connectivity index (χ3v) is 2.97. The Labute approximate surface area is 97.7 Å². The second kappa shape index (κ2) is 4.31. The normalized spacial score (nSPS) is 19.1. The van der Waals surface area contributed by atoms with Crippen molar-refractivity contribution in [1.29, 1.82) is 0 Å². The highest BCUT2D eigenvalue weighted by molar-refractivity contribution is 5.88. The highest BCUT2D eigenvalue weighted by atomic mass is 19.3. The number of carboxylic acid groups (broad SMARTS) is 1. The van der Waals surface area contributed by atoms with Gasteiger partial charge in [-0.1, -0.05) is 0 Å². The molecule has 1 N–H and O–H groups in total. The van der Waals surface area contributed by atoms with Gasteiger partial charge in [-0.25, -0.2) is 13.6 Å². The Balaban J connectivity index is 2.06. The van der Waals surface area contributed by atoms with E-state index in [2.05, 4.69) is 0 Å². The molecular weight excluding hydrogens is 228 g/mol. The lowest BCUT2D eigenvalue weighted by atomic mass is 10.1. The van der Waals surface area contributed by atoms with Crippen molar-refractivity contribution in [2.24, 2.45) is 0 Å². The second-order valence-corrected chi connectivity index (χ2v) is 4.20. The number of alkyl halides is 2. The van der Waals surface area contributed by atoms with E-state index in [9.17, 15) is 13.6 Å². The van der Waals surface area contributed by atoms with Crippen LogP contribution in [0.2, 0.25) is 0 Å². The van der Waals surface area contributed by atoms with Gasteiger partial charge in [0.25, 0.3) is 5.92 Å². The first-order valence-electron chi connectivity index (χ1n) is 5.44. The number of anilines is 1. The van der Waals surface area contributed by atoms with Gasteiger partial charge in [0.05, 0.1) is 5.56 Å². The molecule has 0 bridgehead atoms. The Kier molecular flexibility index (Phi) is 3.00. The number of rotatable bonds is 2. The zero-order valence-electron chi connectivity index (χ0n) is 9.20. The molecule has 1 heterocycles.